The Balaban J connectivity index is 2.00. The van der Waals surface area contributed by atoms with E-state index in [0.29, 0.717) is 19.5 Å². The Labute approximate surface area is 101 Å². The highest BCUT2D eigenvalue weighted by Crippen LogP contribution is 2.16. The number of carbonyl (C=O) groups is 1. The first kappa shape index (κ1) is 11.9. The summed E-state index contributed by atoms with van der Waals surface area (Å²) in [5.41, 5.74) is 3.17. The molecule has 92 valence electrons. The van der Waals surface area contributed by atoms with E-state index in [9.17, 15) is 9.90 Å². The molecule has 0 saturated carbocycles. The van der Waals surface area contributed by atoms with Crippen molar-refractivity contribution in [1.29, 1.82) is 0 Å². The van der Waals surface area contributed by atoms with Crippen molar-refractivity contribution < 1.29 is 9.90 Å². The van der Waals surface area contributed by atoms with E-state index >= 15 is 0 Å². The molecule has 0 spiro atoms. The van der Waals surface area contributed by atoms with Crippen LogP contribution in [-0.4, -0.2) is 35.2 Å². The maximum atomic E-state index is 11.9. The second-order valence-electron chi connectivity index (χ2n) is 4.62. The van der Waals surface area contributed by atoms with Crippen LogP contribution in [0.15, 0.2) is 18.2 Å². The van der Waals surface area contributed by atoms with Gasteiger partial charge in [-0.25, -0.2) is 4.79 Å². The number of amides is 2. The number of nitrogens with one attached hydrogen (secondary N) is 1. The average Bonchev–Trinajstić information content (AvgIpc) is 2.70. The van der Waals surface area contributed by atoms with Crippen molar-refractivity contribution in [1.82, 2.24) is 4.90 Å². The Morgan fingerprint density at radius 1 is 1.41 bits per heavy atom. The Morgan fingerprint density at radius 2 is 2.18 bits per heavy atom. The maximum Gasteiger partial charge on any atom is 0.321 e. The van der Waals surface area contributed by atoms with Crippen molar-refractivity contribution in [2.75, 3.05) is 18.4 Å². The highest BCUT2D eigenvalue weighted by molar-refractivity contribution is 5.89. The average molecular weight is 234 g/mol. The molecule has 2 N–H and O–H groups in total. The van der Waals surface area contributed by atoms with Gasteiger partial charge in [-0.1, -0.05) is 6.07 Å². The van der Waals surface area contributed by atoms with Gasteiger partial charge in [0.15, 0.2) is 0 Å². The molecule has 0 bridgehead atoms. The molecule has 0 unspecified atom stereocenters. The van der Waals surface area contributed by atoms with Gasteiger partial charge in [-0.15, -0.1) is 0 Å². The van der Waals surface area contributed by atoms with Gasteiger partial charge >= 0.3 is 6.03 Å². The van der Waals surface area contributed by atoms with Gasteiger partial charge in [0.05, 0.1) is 6.10 Å². The lowest BCUT2D eigenvalue weighted by Gasteiger charge is -2.16. The van der Waals surface area contributed by atoms with Crippen LogP contribution in [0.2, 0.25) is 0 Å². The predicted octanol–water partition coefficient (Wildman–Crippen LogP) is 1.90. The van der Waals surface area contributed by atoms with Gasteiger partial charge < -0.3 is 15.3 Å². The summed E-state index contributed by atoms with van der Waals surface area (Å²) in [4.78, 5) is 13.5. The van der Waals surface area contributed by atoms with Gasteiger partial charge in [-0.2, -0.15) is 0 Å². The number of nitrogens with zero attached hydrogens (tertiary/aromatic N) is 1. The van der Waals surface area contributed by atoms with E-state index in [1.807, 2.05) is 32.0 Å². The standard InChI is InChI=1S/C13H18N2O2/c1-9-3-4-11(7-10(9)2)14-13(17)15-6-5-12(16)8-15/h3-4,7,12,16H,5-6,8H2,1-2H3,(H,14,17)/t12-/m1/s1. The third kappa shape index (κ3) is 2.77. The van der Waals surface area contributed by atoms with Gasteiger partial charge in [0.2, 0.25) is 0 Å². The van der Waals surface area contributed by atoms with Gasteiger partial charge in [0, 0.05) is 18.8 Å². The zero-order chi connectivity index (χ0) is 12.4. The summed E-state index contributed by atoms with van der Waals surface area (Å²) in [7, 11) is 0. The molecule has 2 rings (SSSR count). The largest absolute Gasteiger partial charge is 0.391 e. The first-order chi connectivity index (χ1) is 8.06. The molecule has 1 heterocycles. The van der Waals surface area contributed by atoms with Crippen LogP contribution in [0.4, 0.5) is 10.5 Å². The second-order valence-corrected chi connectivity index (χ2v) is 4.62. The van der Waals surface area contributed by atoms with Crippen LogP contribution in [0.1, 0.15) is 17.5 Å². The minimum absolute atomic E-state index is 0.134. The van der Waals surface area contributed by atoms with E-state index in [2.05, 4.69) is 5.32 Å². The number of aliphatic hydroxyl groups excluding tert-OH is 1. The molecular weight excluding hydrogens is 216 g/mol. The molecule has 0 aliphatic carbocycles. The van der Waals surface area contributed by atoms with Gasteiger partial charge in [0.1, 0.15) is 0 Å². The second kappa shape index (κ2) is 4.75. The highest BCUT2D eigenvalue weighted by Gasteiger charge is 2.24. The summed E-state index contributed by atoms with van der Waals surface area (Å²) in [6, 6.07) is 5.71. The van der Waals surface area contributed by atoms with Crippen LogP contribution in [0, 0.1) is 13.8 Å². The van der Waals surface area contributed by atoms with Crippen molar-refractivity contribution >= 4 is 11.7 Å². The fourth-order valence-corrected chi connectivity index (χ4v) is 1.95. The van der Waals surface area contributed by atoms with Crippen LogP contribution in [-0.2, 0) is 0 Å². The molecule has 1 saturated heterocycles. The van der Waals surface area contributed by atoms with Crippen LogP contribution in [0.25, 0.3) is 0 Å². The summed E-state index contributed by atoms with van der Waals surface area (Å²) < 4.78 is 0. The topological polar surface area (TPSA) is 52.6 Å². The Morgan fingerprint density at radius 3 is 2.76 bits per heavy atom. The molecule has 1 aliphatic rings. The van der Waals surface area contributed by atoms with Crippen molar-refractivity contribution in [2.24, 2.45) is 0 Å². The lowest BCUT2D eigenvalue weighted by molar-refractivity contribution is 0.176. The van der Waals surface area contributed by atoms with Crippen molar-refractivity contribution in [2.45, 2.75) is 26.4 Å². The molecular formula is C13H18N2O2. The Bertz CT molecular complexity index is 431. The minimum Gasteiger partial charge on any atom is -0.391 e. The van der Waals surface area contributed by atoms with E-state index in [1.54, 1.807) is 4.90 Å². The van der Waals surface area contributed by atoms with Crippen LogP contribution >= 0.6 is 0 Å². The van der Waals surface area contributed by atoms with Crippen LogP contribution < -0.4 is 5.32 Å². The van der Waals surface area contributed by atoms with Crippen molar-refractivity contribution in [3.63, 3.8) is 0 Å². The van der Waals surface area contributed by atoms with Gasteiger partial charge in [0.25, 0.3) is 0 Å². The molecule has 1 fully saturated rings. The molecule has 1 aromatic carbocycles. The molecule has 1 atom stereocenters. The third-order valence-electron chi connectivity index (χ3n) is 3.21. The lowest BCUT2D eigenvalue weighted by Crippen LogP contribution is -2.33. The molecule has 0 aromatic heterocycles. The zero-order valence-electron chi connectivity index (χ0n) is 10.2. The summed E-state index contributed by atoms with van der Waals surface area (Å²) in [5.74, 6) is 0. The molecule has 4 heteroatoms. The molecule has 4 nitrogen and oxygen atoms in total. The molecule has 17 heavy (non-hydrogen) atoms. The highest BCUT2D eigenvalue weighted by atomic mass is 16.3. The van der Waals surface area contributed by atoms with Crippen LogP contribution in [0.5, 0.6) is 0 Å². The molecule has 0 radical (unpaired) electrons. The fourth-order valence-electron chi connectivity index (χ4n) is 1.95. The fraction of sp³-hybridized carbons (Fsp3) is 0.462. The Hall–Kier alpha value is -1.55. The van der Waals surface area contributed by atoms with Crippen LogP contribution in [0.3, 0.4) is 0 Å². The summed E-state index contributed by atoms with van der Waals surface area (Å²) in [6.45, 7) is 5.11. The summed E-state index contributed by atoms with van der Waals surface area (Å²) >= 11 is 0. The number of β-amino-alcohol motifs (C(OH)–C–C–N with tert-alkyl or cyclic N) is 1. The number of aryl methyl sites for hydroxylation is 2. The van der Waals surface area contributed by atoms with E-state index in [4.69, 9.17) is 0 Å². The van der Waals surface area contributed by atoms with E-state index in [-0.39, 0.29) is 12.1 Å². The maximum absolute atomic E-state index is 11.9. The number of hydrogen-bond donors (Lipinski definition) is 2. The number of hydrogen-bond acceptors (Lipinski definition) is 2. The SMILES string of the molecule is Cc1ccc(NC(=O)N2CC[C@@H](O)C2)cc1C. The minimum atomic E-state index is -0.375. The zero-order valence-corrected chi connectivity index (χ0v) is 10.2. The van der Waals surface area contributed by atoms with Crippen molar-refractivity contribution in [3.8, 4) is 0 Å². The third-order valence-corrected chi connectivity index (χ3v) is 3.21. The quantitative estimate of drug-likeness (QED) is 0.779. The van der Waals surface area contributed by atoms with E-state index < -0.39 is 0 Å². The predicted molar refractivity (Wildman–Crippen MR) is 67.1 cm³/mol. The van der Waals surface area contributed by atoms with Gasteiger partial charge in [-0.3, -0.25) is 0 Å². The molecule has 1 aromatic rings. The normalized spacial score (nSPS) is 19.5. The number of rotatable bonds is 1. The van der Waals surface area contributed by atoms with E-state index in [1.165, 1.54) is 5.56 Å². The monoisotopic (exact) mass is 234 g/mol. The number of aliphatic hydroxyl groups is 1. The number of carbonyl (C=O) groups excluding carboxylic acids is 1. The first-order valence-corrected chi connectivity index (χ1v) is 5.87. The lowest BCUT2D eigenvalue weighted by atomic mass is 10.1. The summed E-state index contributed by atoms with van der Waals surface area (Å²) in [5, 5.41) is 12.2. The first-order valence-electron chi connectivity index (χ1n) is 5.87. The number of anilines is 1. The molecule has 1 aliphatic heterocycles. The molecule has 2 amide bonds. The number of urea groups is 1. The van der Waals surface area contributed by atoms with E-state index in [0.717, 1.165) is 11.3 Å². The van der Waals surface area contributed by atoms with Gasteiger partial charge in [-0.05, 0) is 43.5 Å². The number of benzene rings is 1. The number of likely N-dealkylation sites (tertiary alicyclic amines) is 1. The summed E-state index contributed by atoms with van der Waals surface area (Å²) in [6.07, 6.45) is 0.292. The van der Waals surface area contributed by atoms with Crippen molar-refractivity contribution in [3.05, 3.63) is 29.3 Å². The Kier molecular flexibility index (Phi) is 3.33. The smallest absolute Gasteiger partial charge is 0.321 e.